The molecule has 0 aromatic carbocycles. The van der Waals surface area contributed by atoms with Crippen LogP contribution in [0.1, 0.15) is 76.9 Å². The predicted octanol–water partition coefficient (Wildman–Crippen LogP) is 4.13. The third kappa shape index (κ3) is 22.5. The van der Waals surface area contributed by atoms with E-state index in [9.17, 15) is 50.3 Å². The van der Waals surface area contributed by atoms with Gasteiger partial charge >= 0.3 is 11.9 Å². The van der Waals surface area contributed by atoms with Crippen molar-refractivity contribution >= 4 is 39.5 Å². The molecule has 0 saturated carbocycles. The number of aryl methyl sites for hydroxylation is 3. The number of anilines is 2. The lowest BCUT2D eigenvalue weighted by Crippen LogP contribution is -2.41. The Balaban J connectivity index is 0.000000350. The average Bonchev–Trinajstić information content (AvgIpc) is 3.33. The molecule has 3 fully saturated rings. The number of ether oxygens (including phenoxy) is 2. The molecular formula is C47H75BrF6N12O8. The summed E-state index contributed by atoms with van der Waals surface area (Å²) in [5.74, 6) is -8.09. The maximum atomic E-state index is 13.1. The van der Waals surface area contributed by atoms with Gasteiger partial charge in [-0.3, -0.25) is 33.1 Å². The van der Waals surface area contributed by atoms with E-state index in [2.05, 4.69) is 41.5 Å². The van der Waals surface area contributed by atoms with Crippen molar-refractivity contribution in [3.8, 4) is 0 Å². The van der Waals surface area contributed by atoms with Crippen LogP contribution in [0.3, 0.4) is 0 Å². The van der Waals surface area contributed by atoms with E-state index in [-0.39, 0.29) is 106 Å². The second-order valence-corrected chi connectivity index (χ2v) is 18.2. The van der Waals surface area contributed by atoms with Crippen molar-refractivity contribution in [2.75, 3.05) is 109 Å². The zero-order valence-corrected chi connectivity index (χ0v) is 43.8. The minimum Gasteiger partial charge on any atom is -0.465 e. The van der Waals surface area contributed by atoms with Crippen molar-refractivity contribution in [3.05, 3.63) is 71.3 Å². The molecule has 3 aliphatic heterocycles. The minimum atomic E-state index is -2.57. The minimum absolute atomic E-state index is 0. The first kappa shape index (κ1) is 65.2. The maximum Gasteiger partial charge on any atom is 0.326 e. The van der Waals surface area contributed by atoms with Gasteiger partial charge in [-0.25, -0.2) is 41.3 Å². The Morgan fingerprint density at radius 2 is 0.946 bits per heavy atom. The van der Waals surface area contributed by atoms with Crippen LogP contribution in [0.4, 0.5) is 38.0 Å². The fourth-order valence-corrected chi connectivity index (χ4v) is 7.85. The summed E-state index contributed by atoms with van der Waals surface area (Å²) < 4.78 is 91.4. The number of aliphatic hydroxyl groups is 1. The number of rotatable bonds is 18. The molecule has 0 spiro atoms. The molecule has 0 bridgehead atoms. The topological polar surface area (TPSA) is 237 Å². The summed E-state index contributed by atoms with van der Waals surface area (Å²) >= 11 is 3.01. The van der Waals surface area contributed by atoms with Gasteiger partial charge in [0.1, 0.15) is 13.1 Å². The molecule has 6 rings (SSSR count). The van der Waals surface area contributed by atoms with Crippen LogP contribution in [-0.2, 0) is 38.7 Å². The Morgan fingerprint density at radius 3 is 1.31 bits per heavy atom. The molecule has 0 unspecified atom stereocenters. The first-order valence-electron chi connectivity index (χ1n) is 24.2. The summed E-state index contributed by atoms with van der Waals surface area (Å²) in [4.78, 5) is 76.8. The van der Waals surface area contributed by atoms with E-state index in [0.717, 1.165) is 6.54 Å². The Morgan fingerprint density at radius 1 is 0.608 bits per heavy atom. The lowest BCUT2D eigenvalue weighted by atomic mass is 10.1. The number of carbonyl (C=O) groups is 2. The molecule has 3 aromatic rings. The number of hydrogen-bond donors (Lipinski definition) is 4. The van der Waals surface area contributed by atoms with Crippen LogP contribution in [-0.4, -0.2) is 177 Å². The molecule has 74 heavy (non-hydrogen) atoms. The summed E-state index contributed by atoms with van der Waals surface area (Å²) in [6.07, 6.45) is 4.08. The number of aliphatic hydroxyl groups excluding tert-OH is 1. The van der Waals surface area contributed by atoms with Crippen molar-refractivity contribution in [1.82, 2.24) is 43.4 Å². The largest absolute Gasteiger partial charge is 0.465 e. The highest BCUT2D eigenvalue weighted by molar-refractivity contribution is 9.10. The van der Waals surface area contributed by atoms with Gasteiger partial charge in [0, 0.05) is 159 Å². The van der Waals surface area contributed by atoms with Crippen molar-refractivity contribution < 1.29 is 50.5 Å². The second kappa shape index (κ2) is 31.8. The summed E-state index contributed by atoms with van der Waals surface area (Å²) in [5, 5.41) is 14.9. The van der Waals surface area contributed by atoms with E-state index in [0.29, 0.717) is 95.7 Å². The molecule has 5 N–H and O–H groups in total. The first-order valence-corrected chi connectivity index (χ1v) is 25.0. The Hall–Kier alpha value is -4.96. The van der Waals surface area contributed by atoms with E-state index >= 15 is 0 Å². The van der Waals surface area contributed by atoms with Crippen LogP contribution in [0.5, 0.6) is 0 Å². The van der Waals surface area contributed by atoms with E-state index in [4.69, 9.17) is 20.3 Å². The fraction of sp³-hybridized carbons (Fsp3) is 0.702. The standard InChI is InChI=1S/C16H24F2N4O3.C14H22F2N4O2.C9H11BrN2O3.C7H14F2N2.CH4/c1-3-25-13(23)11-22-12(2)10-20-14(15(22)24)19-6-9-21-7-4-16(17,18)5-8-21;1-11-10-18-12(13(22)20(11)8-9-21)17-4-7-19-5-2-14(15,16)3-6-19;1-3-15-7(13)5-12-6(2)4-11-8(10)9(12)14;8-7(9)1-4-11(5-2-7)6-3-10;/h10H,3-9,11H2,1-2H3,(H,19,20);10,21H,2-9H2,1H3,(H,17,18);4H,3,5H2,1-2H3;1-6,10H2;1H4. The third-order valence-electron chi connectivity index (χ3n) is 11.9. The molecule has 3 saturated heterocycles. The summed E-state index contributed by atoms with van der Waals surface area (Å²) in [5.41, 5.74) is 6.15. The highest BCUT2D eigenvalue weighted by atomic mass is 79.9. The Labute approximate surface area is 436 Å². The van der Waals surface area contributed by atoms with Crippen LogP contribution >= 0.6 is 15.9 Å². The van der Waals surface area contributed by atoms with Gasteiger partial charge in [-0.2, -0.15) is 0 Å². The Kier molecular flexibility index (Phi) is 28.0. The van der Waals surface area contributed by atoms with Gasteiger partial charge < -0.3 is 50.2 Å². The van der Waals surface area contributed by atoms with Crippen LogP contribution in [0.25, 0.3) is 0 Å². The summed E-state index contributed by atoms with van der Waals surface area (Å²) in [7, 11) is 0. The van der Waals surface area contributed by atoms with Crippen LogP contribution in [0.2, 0.25) is 0 Å². The molecule has 3 aliphatic rings. The number of halogens is 7. The number of carbonyl (C=O) groups excluding carboxylic acids is 2. The first-order chi connectivity index (χ1) is 34.4. The number of nitrogens with zero attached hydrogens (tertiary/aromatic N) is 9. The van der Waals surface area contributed by atoms with E-state index in [1.54, 1.807) is 40.8 Å². The number of hydrogen-bond acceptors (Lipinski definition) is 17. The lowest BCUT2D eigenvalue weighted by Gasteiger charge is -2.31. The second-order valence-electron chi connectivity index (χ2n) is 17.5. The van der Waals surface area contributed by atoms with Crippen molar-refractivity contribution in [2.24, 2.45) is 5.73 Å². The monoisotopic (exact) mass is 1130 g/mol. The van der Waals surface area contributed by atoms with Gasteiger partial charge in [-0.1, -0.05) is 7.43 Å². The van der Waals surface area contributed by atoms with Gasteiger partial charge in [0.05, 0.1) is 19.8 Å². The lowest BCUT2D eigenvalue weighted by molar-refractivity contribution is -0.144. The number of piperidine rings is 3. The number of esters is 2. The molecule has 0 radical (unpaired) electrons. The van der Waals surface area contributed by atoms with Crippen LogP contribution in [0.15, 0.2) is 37.6 Å². The molecular weight excluding hydrogens is 1050 g/mol. The number of likely N-dealkylation sites (tertiary alicyclic amines) is 3. The Bertz CT molecular complexity index is 2370. The number of aromatic nitrogens is 6. The number of alkyl halides is 6. The van der Waals surface area contributed by atoms with Crippen molar-refractivity contribution in [3.63, 3.8) is 0 Å². The van der Waals surface area contributed by atoms with Crippen molar-refractivity contribution in [2.45, 2.75) is 118 Å². The summed E-state index contributed by atoms with van der Waals surface area (Å²) in [6.45, 7) is 14.7. The third-order valence-corrected chi connectivity index (χ3v) is 12.4. The van der Waals surface area contributed by atoms with Gasteiger partial charge in [0.25, 0.3) is 34.4 Å². The molecule has 3 aromatic heterocycles. The average molecular weight is 1130 g/mol. The van der Waals surface area contributed by atoms with Crippen LogP contribution in [0, 0.1) is 20.8 Å². The zero-order chi connectivity index (χ0) is 54.4. The normalized spacial score (nSPS) is 17.1. The summed E-state index contributed by atoms with van der Waals surface area (Å²) in [6, 6.07) is 0. The molecule has 0 aliphatic carbocycles. The SMILES string of the molecule is C.CCOC(=O)Cn1c(C)cnc(Br)c1=O.CCOC(=O)Cn1c(C)cnc(NCCN2CCC(F)(F)CC2)c1=O.Cc1cnc(NCCN2CCC(F)(F)CC2)c(=O)n1CCO.NCCN1CCC(F)(F)CC1. The number of nitrogens with one attached hydrogen (secondary N) is 2. The molecule has 6 heterocycles. The zero-order valence-electron chi connectivity index (χ0n) is 42.3. The molecule has 420 valence electrons. The van der Waals surface area contributed by atoms with E-state index in [1.165, 1.54) is 26.1 Å². The van der Waals surface area contributed by atoms with Crippen molar-refractivity contribution in [1.29, 1.82) is 0 Å². The van der Waals surface area contributed by atoms with E-state index in [1.807, 2.05) is 14.7 Å². The van der Waals surface area contributed by atoms with Gasteiger partial charge in [-0.05, 0) is 50.5 Å². The smallest absolute Gasteiger partial charge is 0.326 e. The highest BCUT2D eigenvalue weighted by Gasteiger charge is 2.35. The molecule has 27 heteroatoms. The van der Waals surface area contributed by atoms with Gasteiger partial charge in [0.2, 0.25) is 0 Å². The van der Waals surface area contributed by atoms with Gasteiger partial charge in [-0.15, -0.1) is 0 Å². The molecule has 0 atom stereocenters. The number of nitrogens with two attached hydrogens (primary N) is 1. The highest BCUT2D eigenvalue weighted by Crippen LogP contribution is 2.29. The predicted molar refractivity (Wildman–Crippen MR) is 272 cm³/mol. The fourth-order valence-electron chi connectivity index (χ4n) is 7.53. The quantitative estimate of drug-likeness (QED) is 0.103. The van der Waals surface area contributed by atoms with E-state index < -0.39 is 35.3 Å². The molecule has 20 nitrogen and oxygen atoms in total. The van der Waals surface area contributed by atoms with Crippen LogP contribution < -0.4 is 33.0 Å². The molecule has 0 amide bonds. The van der Waals surface area contributed by atoms with Gasteiger partial charge in [0.15, 0.2) is 16.2 Å². The maximum absolute atomic E-state index is 13.1.